The van der Waals surface area contributed by atoms with E-state index < -0.39 is 0 Å². The Morgan fingerprint density at radius 1 is 1.30 bits per heavy atom. The summed E-state index contributed by atoms with van der Waals surface area (Å²) < 4.78 is 1.98. The number of rotatable bonds is 5. The lowest BCUT2D eigenvalue weighted by Gasteiger charge is -2.06. The van der Waals surface area contributed by atoms with Gasteiger partial charge >= 0.3 is 0 Å². The highest BCUT2D eigenvalue weighted by Crippen LogP contribution is 2.30. The fourth-order valence-electron chi connectivity index (χ4n) is 2.80. The third-order valence-corrected chi connectivity index (χ3v) is 4.00. The van der Waals surface area contributed by atoms with E-state index >= 15 is 0 Å². The van der Waals surface area contributed by atoms with Crippen LogP contribution in [0.1, 0.15) is 22.8 Å². The summed E-state index contributed by atoms with van der Waals surface area (Å²) in [4.78, 5) is 20.8. The van der Waals surface area contributed by atoms with Gasteiger partial charge in [-0.3, -0.25) is 15.5 Å². The average molecular weight is 366 g/mol. The van der Waals surface area contributed by atoms with E-state index in [1.807, 2.05) is 22.1 Å². The molecule has 27 heavy (non-hydrogen) atoms. The predicted octanol–water partition coefficient (Wildman–Crippen LogP) is 2.35. The van der Waals surface area contributed by atoms with Crippen LogP contribution in [0.2, 0.25) is 0 Å². The number of hydrogen-bond donors (Lipinski definition) is 4. The molecule has 0 bridgehead atoms. The van der Waals surface area contributed by atoms with Crippen molar-refractivity contribution in [3.05, 3.63) is 58.5 Å². The molecule has 8 nitrogen and oxygen atoms in total. The normalized spacial score (nSPS) is 9.70. The SMILES string of the molecule is CCn1c(NC)c(C#N)c2ccc([NH+]=O)cc21.O=Cc1cccc(NO)c1. The number of nitriles is 1. The first kappa shape index (κ1) is 19.6. The molecule has 2 aromatic carbocycles. The third kappa shape index (κ3) is 4.11. The molecule has 0 aliphatic heterocycles. The van der Waals surface area contributed by atoms with Crippen molar-refractivity contribution in [3.8, 4) is 6.07 Å². The summed E-state index contributed by atoms with van der Waals surface area (Å²) in [5.74, 6) is 0.785. The Kier molecular flexibility index (Phi) is 6.63. The van der Waals surface area contributed by atoms with Gasteiger partial charge in [-0.05, 0) is 25.1 Å². The number of aryl methyl sites for hydroxylation is 1. The molecule has 0 aliphatic rings. The van der Waals surface area contributed by atoms with Crippen molar-refractivity contribution in [2.75, 3.05) is 17.8 Å². The molecule has 3 rings (SSSR count). The van der Waals surface area contributed by atoms with Crippen LogP contribution in [0.25, 0.3) is 10.9 Å². The molecule has 0 saturated heterocycles. The van der Waals surface area contributed by atoms with Crippen LogP contribution >= 0.6 is 0 Å². The largest absolute Gasteiger partial charge is 0.373 e. The Morgan fingerprint density at radius 3 is 2.63 bits per heavy atom. The highest BCUT2D eigenvalue weighted by molar-refractivity contribution is 5.93. The lowest BCUT2D eigenvalue weighted by Crippen LogP contribution is -2.55. The van der Waals surface area contributed by atoms with E-state index in [0.29, 0.717) is 22.5 Å². The number of aromatic nitrogens is 1. The van der Waals surface area contributed by atoms with Crippen molar-refractivity contribution < 1.29 is 15.2 Å². The molecule has 3 aromatic rings. The van der Waals surface area contributed by atoms with Crippen molar-refractivity contribution in [2.45, 2.75) is 13.5 Å². The summed E-state index contributed by atoms with van der Waals surface area (Å²) in [7, 11) is 1.79. The Morgan fingerprint density at radius 2 is 2.07 bits per heavy atom. The lowest BCUT2D eigenvalue weighted by atomic mass is 10.1. The van der Waals surface area contributed by atoms with E-state index in [1.54, 1.807) is 49.5 Å². The van der Waals surface area contributed by atoms with Crippen molar-refractivity contribution in [1.82, 2.24) is 4.57 Å². The van der Waals surface area contributed by atoms with Gasteiger partial charge in [-0.1, -0.05) is 12.1 Å². The Labute approximate surface area is 156 Å². The number of anilines is 2. The number of carbonyl (C=O) groups excluding carboxylic acids is 1. The summed E-state index contributed by atoms with van der Waals surface area (Å²) >= 11 is 0. The second-order valence-electron chi connectivity index (χ2n) is 5.52. The van der Waals surface area contributed by atoms with Gasteiger partial charge in [-0.2, -0.15) is 5.26 Å². The Bertz CT molecular complexity index is 1000. The number of nitroso groups, excluding NO2 is 1. The number of fused-ring (bicyclic) bond motifs is 1. The fraction of sp³-hybridized carbons (Fsp3) is 0.158. The molecule has 0 atom stereocenters. The molecule has 1 aromatic heterocycles. The zero-order valence-corrected chi connectivity index (χ0v) is 15.0. The van der Waals surface area contributed by atoms with Crippen LogP contribution in [0.3, 0.4) is 0 Å². The van der Waals surface area contributed by atoms with E-state index in [4.69, 9.17) is 5.21 Å². The van der Waals surface area contributed by atoms with E-state index in [0.717, 1.165) is 29.6 Å². The molecule has 138 valence electrons. The smallest absolute Gasteiger partial charge is 0.255 e. The Hall–Kier alpha value is -3.70. The first-order valence-corrected chi connectivity index (χ1v) is 8.21. The van der Waals surface area contributed by atoms with E-state index in [1.165, 1.54) is 0 Å². The molecule has 0 unspecified atom stereocenters. The number of benzene rings is 2. The van der Waals surface area contributed by atoms with Crippen molar-refractivity contribution in [2.24, 2.45) is 0 Å². The van der Waals surface area contributed by atoms with Gasteiger partial charge in [0.05, 0.1) is 11.2 Å². The molecule has 0 spiro atoms. The van der Waals surface area contributed by atoms with Crippen molar-refractivity contribution in [1.29, 1.82) is 5.26 Å². The highest BCUT2D eigenvalue weighted by Gasteiger charge is 2.16. The van der Waals surface area contributed by atoms with Crippen LogP contribution in [0.5, 0.6) is 0 Å². The van der Waals surface area contributed by atoms with E-state index in [-0.39, 0.29) is 0 Å². The minimum absolute atomic E-state index is 0.497. The molecule has 0 aliphatic carbocycles. The van der Waals surface area contributed by atoms with Crippen LogP contribution in [0.4, 0.5) is 17.2 Å². The molecule has 0 saturated carbocycles. The summed E-state index contributed by atoms with van der Waals surface area (Å²) in [5, 5.41) is 23.4. The van der Waals surface area contributed by atoms with Crippen molar-refractivity contribution >= 4 is 34.4 Å². The standard InChI is InChI=1S/C12H12N4O.C7H7NO2/c1-3-16-11-6-8(15-17)4-5-9(11)10(7-13)12(16)14-2;9-5-6-2-1-3-7(4-6)8-10/h4-6,14H,3H2,1-2H3;1-5,8,10H/p+1. The van der Waals surface area contributed by atoms with Gasteiger partial charge < -0.3 is 9.88 Å². The molecule has 4 N–H and O–H groups in total. The minimum atomic E-state index is 0.497. The topological polar surface area (TPSA) is 121 Å². The fourth-order valence-corrected chi connectivity index (χ4v) is 2.80. The van der Waals surface area contributed by atoms with Gasteiger partial charge in [0.1, 0.15) is 23.7 Å². The maximum atomic E-state index is 10.7. The quantitative estimate of drug-likeness (QED) is 0.406. The van der Waals surface area contributed by atoms with Gasteiger partial charge in [0, 0.05) is 46.8 Å². The first-order chi connectivity index (χ1) is 13.1. The minimum Gasteiger partial charge on any atom is -0.373 e. The van der Waals surface area contributed by atoms with Crippen LogP contribution in [0, 0.1) is 16.2 Å². The predicted molar refractivity (Wildman–Crippen MR) is 103 cm³/mol. The summed E-state index contributed by atoms with van der Waals surface area (Å²) in [5.41, 5.74) is 5.00. The maximum Gasteiger partial charge on any atom is 0.255 e. The van der Waals surface area contributed by atoms with Gasteiger partial charge in [-0.15, -0.1) is 0 Å². The van der Waals surface area contributed by atoms with Crippen molar-refractivity contribution in [3.63, 3.8) is 0 Å². The first-order valence-electron chi connectivity index (χ1n) is 8.21. The maximum absolute atomic E-state index is 10.7. The van der Waals surface area contributed by atoms with Gasteiger partial charge in [-0.25, -0.2) is 0 Å². The number of carbonyl (C=O) groups is 1. The number of nitrogens with one attached hydrogen (secondary N) is 3. The molecular formula is C19H20N5O3+. The zero-order valence-electron chi connectivity index (χ0n) is 15.0. The molecular weight excluding hydrogens is 346 g/mol. The number of hydrogen-bond acceptors (Lipinski definition) is 6. The number of nitrogens with zero attached hydrogens (tertiary/aromatic N) is 2. The monoisotopic (exact) mass is 366 g/mol. The molecule has 0 radical (unpaired) electrons. The number of aldehydes is 1. The third-order valence-electron chi connectivity index (χ3n) is 4.00. The van der Waals surface area contributed by atoms with Crippen LogP contribution < -0.4 is 16.0 Å². The lowest BCUT2D eigenvalue weighted by molar-refractivity contribution is -0.379. The highest BCUT2D eigenvalue weighted by atomic mass is 16.5. The van der Waals surface area contributed by atoms with Crippen LogP contribution in [0.15, 0.2) is 42.5 Å². The van der Waals surface area contributed by atoms with Gasteiger partial charge in [0.15, 0.2) is 0 Å². The van der Waals surface area contributed by atoms with Gasteiger partial charge in [0.2, 0.25) is 0 Å². The average Bonchev–Trinajstić information content (AvgIpc) is 3.05. The zero-order chi connectivity index (χ0) is 19.8. The van der Waals surface area contributed by atoms with E-state index in [2.05, 4.69) is 11.4 Å². The molecule has 8 heteroatoms. The second-order valence-corrected chi connectivity index (χ2v) is 5.52. The molecule has 0 fully saturated rings. The van der Waals surface area contributed by atoms with E-state index in [9.17, 15) is 15.0 Å². The summed E-state index contributed by atoms with van der Waals surface area (Å²) in [6, 6.07) is 14.0. The summed E-state index contributed by atoms with van der Waals surface area (Å²) in [6.07, 6.45) is 0.723. The second kappa shape index (κ2) is 9.12. The van der Waals surface area contributed by atoms with Crippen LogP contribution in [-0.4, -0.2) is 23.1 Å². The molecule has 1 heterocycles. The van der Waals surface area contributed by atoms with Crippen LogP contribution in [-0.2, 0) is 6.54 Å². The summed E-state index contributed by atoms with van der Waals surface area (Å²) in [6.45, 7) is 2.73. The Balaban J connectivity index is 0.000000223. The van der Waals surface area contributed by atoms with Gasteiger partial charge in [0.25, 0.3) is 5.69 Å². The molecule has 0 amide bonds.